The molecule has 0 heterocycles. The summed E-state index contributed by atoms with van der Waals surface area (Å²) in [6.07, 6.45) is 0. The van der Waals surface area contributed by atoms with Crippen LogP contribution in [0, 0.1) is 0 Å². The van der Waals surface area contributed by atoms with Gasteiger partial charge in [0.15, 0.2) is 0 Å². The van der Waals surface area contributed by atoms with Gasteiger partial charge >= 0.3 is 5.97 Å². The highest BCUT2D eigenvalue weighted by Gasteiger charge is 2.27. The van der Waals surface area contributed by atoms with Gasteiger partial charge in [0.1, 0.15) is 0 Å². The summed E-state index contributed by atoms with van der Waals surface area (Å²) >= 11 is 3.20. The van der Waals surface area contributed by atoms with Crippen LogP contribution in [0.3, 0.4) is 0 Å². The number of carbonyl (C=O) groups is 1. The Morgan fingerprint density at radius 1 is 1.32 bits per heavy atom. The maximum Gasteiger partial charge on any atom is 0.339 e. The smallest absolute Gasteiger partial charge is 0.339 e. The van der Waals surface area contributed by atoms with Gasteiger partial charge in [-0.25, -0.2) is 17.9 Å². The van der Waals surface area contributed by atoms with Crippen LogP contribution in [0.25, 0.3) is 0 Å². The van der Waals surface area contributed by atoms with E-state index in [9.17, 15) is 13.2 Å². The number of benzene rings is 1. The van der Waals surface area contributed by atoms with E-state index in [4.69, 9.17) is 0 Å². The second-order valence-corrected chi connectivity index (χ2v) is 7.55. The molecule has 0 saturated carbocycles. The third kappa shape index (κ3) is 4.29. The predicted molar refractivity (Wildman–Crippen MR) is 75.6 cm³/mol. The van der Waals surface area contributed by atoms with Gasteiger partial charge in [-0.05, 0) is 39.0 Å². The summed E-state index contributed by atoms with van der Waals surface area (Å²) in [5.41, 5.74) is -0.642. The Labute approximate surface area is 121 Å². The maximum absolute atomic E-state index is 12.3. The molecular formula is C12H16BrNO4S. The highest BCUT2D eigenvalue weighted by molar-refractivity contribution is 9.10. The molecule has 0 spiro atoms. The van der Waals surface area contributed by atoms with Crippen molar-refractivity contribution in [3.05, 3.63) is 28.2 Å². The van der Waals surface area contributed by atoms with Gasteiger partial charge < -0.3 is 4.74 Å². The molecule has 0 aliphatic carbocycles. The van der Waals surface area contributed by atoms with Crippen LogP contribution >= 0.6 is 15.9 Å². The molecule has 19 heavy (non-hydrogen) atoms. The topological polar surface area (TPSA) is 72.5 Å². The van der Waals surface area contributed by atoms with Crippen LogP contribution in [-0.2, 0) is 14.8 Å². The molecule has 0 saturated heterocycles. The number of hydrogen-bond acceptors (Lipinski definition) is 4. The number of rotatable bonds is 3. The van der Waals surface area contributed by atoms with Crippen molar-refractivity contribution >= 4 is 31.9 Å². The van der Waals surface area contributed by atoms with E-state index in [1.165, 1.54) is 19.2 Å². The molecule has 0 unspecified atom stereocenters. The molecule has 0 amide bonds. The van der Waals surface area contributed by atoms with Gasteiger partial charge in [-0.3, -0.25) is 0 Å². The first-order valence-corrected chi connectivity index (χ1v) is 7.76. The number of methoxy groups -OCH3 is 1. The molecule has 0 atom stereocenters. The summed E-state index contributed by atoms with van der Waals surface area (Å²) in [4.78, 5) is 11.5. The summed E-state index contributed by atoms with van der Waals surface area (Å²) in [5, 5.41) is 0. The van der Waals surface area contributed by atoms with Crippen molar-refractivity contribution in [2.24, 2.45) is 0 Å². The zero-order chi connectivity index (χ0) is 14.8. The zero-order valence-corrected chi connectivity index (χ0v) is 13.6. The van der Waals surface area contributed by atoms with Gasteiger partial charge in [0, 0.05) is 10.0 Å². The van der Waals surface area contributed by atoms with E-state index in [2.05, 4.69) is 25.4 Å². The van der Waals surface area contributed by atoms with E-state index in [1.54, 1.807) is 26.8 Å². The molecule has 7 heteroatoms. The monoisotopic (exact) mass is 349 g/mol. The van der Waals surface area contributed by atoms with Crippen molar-refractivity contribution in [2.75, 3.05) is 7.11 Å². The van der Waals surface area contributed by atoms with Crippen molar-refractivity contribution in [3.63, 3.8) is 0 Å². The molecule has 0 bridgehead atoms. The van der Waals surface area contributed by atoms with Gasteiger partial charge in [0.05, 0.1) is 17.6 Å². The number of carbonyl (C=O) groups excluding carboxylic acids is 1. The minimum atomic E-state index is -3.81. The van der Waals surface area contributed by atoms with E-state index >= 15 is 0 Å². The Bertz CT molecular complexity index is 590. The molecule has 0 fully saturated rings. The summed E-state index contributed by atoms with van der Waals surface area (Å²) in [6.45, 7) is 5.17. The molecule has 1 aromatic rings. The Kier molecular flexibility index (Phi) is 4.76. The minimum Gasteiger partial charge on any atom is -0.465 e. The second kappa shape index (κ2) is 5.60. The number of halogens is 1. The lowest BCUT2D eigenvalue weighted by Crippen LogP contribution is -2.41. The largest absolute Gasteiger partial charge is 0.465 e. The van der Waals surface area contributed by atoms with Gasteiger partial charge in [0.25, 0.3) is 0 Å². The van der Waals surface area contributed by atoms with Crippen molar-refractivity contribution in [1.29, 1.82) is 0 Å². The van der Waals surface area contributed by atoms with Gasteiger partial charge in [-0.1, -0.05) is 15.9 Å². The van der Waals surface area contributed by atoms with Crippen molar-refractivity contribution in [2.45, 2.75) is 31.2 Å². The molecule has 106 valence electrons. The molecule has 0 aliphatic heterocycles. The number of esters is 1. The van der Waals surface area contributed by atoms with Gasteiger partial charge in [-0.2, -0.15) is 0 Å². The maximum atomic E-state index is 12.3. The SMILES string of the molecule is COC(=O)c1ccc(Br)cc1S(=O)(=O)NC(C)(C)C. The fourth-order valence-electron chi connectivity index (χ4n) is 1.46. The van der Waals surface area contributed by atoms with Crippen LogP contribution in [0.15, 0.2) is 27.6 Å². The van der Waals surface area contributed by atoms with Gasteiger partial charge in [0.2, 0.25) is 10.0 Å². The Balaban J connectivity index is 3.40. The lowest BCUT2D eigenvalue weighted by molar-refractivity contribution is 0.0596. The Morgan fingerprint density at radius 2 is 1.89 bits per heavy atom. The summed E-state index contributed by atoms with van der Waals surface area (Å²) in [7, 11) is -2.60. The number of sulfonamides is 1. The third-order valence-corrected chi connectivity index (χ3v) is 4.37. The first-order valence-electron chi connectivity index (χ1n) is 5.49. The molecule has 0 aliphatic rings. The van der Waals surface area contributed by atoms with E-state index in [-0.39, 0.29) is 10.5 Å². The Hall–Kier alpha value is -0.920. The molecular weight excluding hydrogens is 334 g/mol. The van der Waals surface area contributed by atoms with Crippen LogP contribution in [-0.4, -0.2) is 27.0 Å². The summed E-state index contributed by atoms with van der Waals surface area (Å²) in [5.74, 6) is -0.693. The fourth-order valence-corrected chi connectivity index (χ4v) is 3.61. The van der Waals surface area contributed by atoms with Crippen LogP contribution in [0.1, 0.15) is 31.1 Å². The van der Waals surface area contributed by atoms with Crippen LogP contribution in [0.2, 0.25) is 0 Å². The van der Waals surface area contributed by atoms with E-state index in [0.717, 1.165) is 0 Å². The quantitative estimate of drug-likeness (QED) is 0.850. The Morgan fingerprint density at radius 3 is 2.37 bits per heavy atom. The minimum absolute atomic E-state index is 0.00227. The lowest BCUT2D eigenvalue weighted by atomic mass is 10.1. The van der Waals surface area contributed by atoms with Crippen LogP contribution in [0.5, 0.6) is 0 Å². The highest BCUT2D eigenvalue weighted by atomic mass is 79.9. The zero-order valence-electron chi connectivity index (χ0n) is 11.2. The average Bonchev–Trinajstić information content (AvgIpc) is 2.24. The van der Waals surface area contributed by atoms with E-state index in [0.29, 0.717) is 4.47 Å². The van der Waals surface area contributed by atoms with Crippen molar-refractivity contribution in [1.82, 2.24) is 4.72 Å². The van der Waals surface area contributed by atoms with Gasteiger partial charge in [-0.15, -0.1) is 0 Å². The van der Waals surface area contributed by atoms with Crippen LogP contribution < -0.4 is 4.72 Å². The number of nitrogens with one attached hydrogen (secondary N) is 1. The average molecular weight is 350 g/mol. The van der Waals surface area contributed by atoms with E-state index < -0.39 is 21.5 Å². The second-order valence-electron chi connectivity index (χ2n) is 4.99. The highest BCUT2D eigenvalue weighted by Crippen LogP contribution is 2.23. The summed E-state index contributed by atoms with van der Waals surface area (Å²) < 4.78 is 32.3. The van der Waals surface area contributed by atoms with Crippen molar-refractivity contribution in [3.8, 4) is 0 Å². The van der Waals surface area contributed by atoms with Crippen molar-refractivity contribution < 1.29 is 17.9 Å². The molecule has 0 aromatic heterocycles. The standard InChI is InChI=1S/C12H16BrNO4S/c1-12(2,3)14-19(16,17)10-7-8(13)5-6-9(10)11(15)18-4/h5-7,14H,1-4H3. The third-order valence-electron chi connectivity index (χ3n) is 2.08. The predicted octanol–water partition coefficient (Wildman–Crippen LogP) is 2.31. The van der Waals surface area contributed by atoms with Crippen LogP contribution in [0.4, 0.5) is 0 Å². The number of hydrogen-bond donors (Lipinski definition) is 1. The molecule has 1 rings (SSSR count). The fraction of sp³-hybridized carbons (Fsp3) is 0.417. The normalized spacial score (nSPS) is 12.3. The molecule has 1 N–H and O–H groups in total. The molecule has 0 radical (unpaired) electrons. The van der Waals surface area contributed by atoms with E-state index in [1.807, 2.05) is 0 Å². The molecule has 1 aromatic carbocycles. The first-order chi connectivity index (χ1) is 8.57. The lowest BCUT2D eigenvalue weighted by Gasteiger charge is -2.21. The molecule has 5 nitrogen and oxygen atoms in total. The number of ether oxygens (including phenoxy) is 1. The first kappa shape index (κ1) is 16.1. The summed E-state index contributed by atoms with van der Waals surface area (Å²) in [6, 6.07) is 4.37.